The molecule has 10 heteroatoms. The first kappa shape index (κ1) is 18.2. The number of amides is 2. The maximum atomic E-state index is 12.8. The lowest BCUT2D eigenvalue weighted by Gasteiger charge is -2.23. The summed E-state index contributed by atoms with van der Waals surface area (Å²) in [5, 5.41) is 23.0. The molecule has 2 fully saturated rings. The Hall–Kier alpha value is -2.62. The molecule has 0 spiro atoms. The predicted molar refractivity (Wildman–Crippen MR) is 93.1 cm³/mol. The van der Waals surface area contributed by atoms with Gasteiger partial charge in [0.25, 0.3) is 11.6 Å². The first-order valence-electron chi connectivity index (χ1n) is 8.06. The quantitative estimate of drug-likeness (QED) is 0.563. The van der Waals surface area contributed by atoms with Crippen LogP contribution in [0.2, 0.25) is 0 Å². The highest BCUT2D eigenvalue weighted by atomic mass is 32.2. The summed E-state index contributed by atoms with van der Waals surface area (Å²) in [4.78, 5) is 47.9. The first-order valence-corrected chi connectivity index (χ1v) is 9.21. The molecule has 9 nitrogen and oxygen atoms in total. The van der Waals surface area contributed by atoms with Crippen molar-refractivity contribution >= 4 is 35.2 Å². The van der Waals surface area contributed by atoms with E-state index in [-0.39, 0.29) is 22.9 Å². The van der Waals surface area contributed by atoms with Crippen molar-refractivity contribution < 1.29 is 24.4 Å². The van der Waals surface area contributed by atoms with Crippen LogP contribution in [0.1, 0.15) is 33.6 Å². The van der Waals surface area contributed by atoms with Crippen LogP contribution in [0.3, 0.4) is 0 Å². The number of thioether (sulfide) groups is 1. The van der Waals surface area contributed by atoms with Crippen LogP contribution in [-0.2, 0) is 4.79 Å². The van der Waals surface area contributed by atoms with Crippen LogP contribution in [0.25, 0.3) is 0 Å². The van der Waals surface area contributed by atoms with Crippen molar-refractivity contribution in [2.75, 3.05) is 18.2 Å². The molecule has 1 aliphatic carbocycles. The monoisotopic (exact) mass is 379 g/mol. The van der Waals surface area contributed by atoms with E-state index in [0.29, 0.717) is 18.2 Å². The molecule has 1 unspecified atom stereocenters. The van der Waals surface area contributed by atoms with Gasteiger partial charge in [-0.2, -0.15) is 0 Å². The molecule has 0 radical (unpaired) electrons. The molecule has 138 valence electrons. The van der Waals surface area contributed by atoms with Crippen LogP contribution in [0.4, 0.5) is 5.69 Å². The predicted octanol–water partition coefficient (Wildman–Crippen LogP) is 1.33. The smallest absolute Gasteiger partial charge is 0.335 e. The number of rotatable bonds is 6. The van der Waals surface area contributed by atoms with E-state index in [0.717, 1.165) is 31.0 Å². The number of aromatic carboxylic acids is 1. The van der Waals surface area contributed by atoms with Crippen molar-refractivity contribution in [2.24, 2.45) is 5.92 Å². The van der Waals surface area contributed by atoms with E-state index in [1.54, 1.807) is 0 Å². The molecule has 1 aromatic rings. The van der Waals surface area contributed by atoms with E-state index < -0.39 is 28.5 Å². The zero-order chi connectivity index (χ0) is 18.8. The Bertz CT molecular complexity index is 747. The molecule has 2 aliphatic rings. The second-order valence-corrected chi connectivity index (χ2v) is 7.31. The van der Waals surface area contributed by atoms with E-state index in [2.05, 4.69) is 5.32 Å². The summed E-state index contributed by atoms with van der Waals surface area (Å²) in [5.41, 5.74) is -0.932. The lowest BCUT2D eigenvalue weighted by atomic mass is 10.1. The SMILES string of the molecule is O=C(O)c1cc(C(=O)N2CSCC2C(=O)NCC2CC2)cc([N+](=O)[O-])c1. The van der Waals surface area contributed by atoms with Crippen LogP contribution in [0.5, 0.6) is 0 Å². The van der Waals surface area contributed by atoms with Gasteiger partial charge < -0.3 is 15.3 Å². The summed E-state index contributed by atoms with van der Waals surface area (Å²) < 4.78 is 0. The van der Waals surface area contributed by atoms with Gasteiger partial charge in [0.05, 0.1) is 16.4 Å². The number of carbonyl (C=O) groups excluding carboxylic acids is 2. The fourth-order valence-electron chi connectivity index (χ4n) is 2.67. The highest BCUT2D eigenvalue weighted by Crippen LogP contribution is 2.29. The van der Waals surface area contributed by atoms with Gasteiger partial charge in [0, 0.05) is 30.0 Å². The van der Waals surface area contributed by atoms with Gasteiger partial charge in [-0.25, -0.2) is 4.79 Å². The summed E-state index contributed by atoms with van der Waals surface area (Å²) >= 11 is 1.41. The molecular formula is C16H17N3O6S. The molecule has 26 heavy (non-hydrogen) atoms. The third-order valence-electron chi connectivity index (χ3n) is 4.33. The van der Waals surface area contributed by atoms with E-state index in [4.69, 9.17) is 5.11 Å². The number of nitro benzene ring substituents is 1. The van der Waals surface area contributed by atoms with Gasteiger partial charge in [-0.3, -0.25) is 19.7 Å². The number of nitrogens with one attached hydrogen (secondary N) is 1. The summed E-state index contributed by atoms with van der Waals surface area (Å²) in [6, 6.07) is 2.37. The third kappa shape index (κ3) is 3.96. The van der Waals surface area contributed by atoms with Crippen molar-refractivity contribution in [1.29, 1.82) is 0 Å². The van der Waals surface area contributed by atoms with Crippen LogP contribution >= 0.6 is 11.8 Å². The number of nitro groups is 1. The summed E-state index contributed by atoms with van der Waals surface area (Å²) in [6.07, 6.45) is 2.18. The molecular weight excluding hydrogens is 362 g/mol. The van der Waals surface area contributed by atoms with Crippen LogP contribution in [0, 0.1) is 16.0 Å². The van der Waals surface area contributed by atoms with Crippen LogP contribution in [-0.4, -0.2) is 56.9 Å². The van der Waals surface area contributed by atoms with Gasteiger partial charge >= 0.3 is 5.97 Å². The van der Waals surface area contributed by atoms with Crippen LogP contribution < -0.4 is 5.32 Å². The second kappa shape index (κ2) is 7.32. The number of carboxylic acid groups (broad SMARTS) is 1. The maximum Gasteiger partial charge on any atom is 0.335 e. The zero-order valence-corrected chi connectivity index (χ0v) is 14.5. The molecule has 1 saturated carbocycles. The van der Waals surface area contributed by atoms with E-state index >= 15 is 0 Å². The van der Waals surface area contributed by atoms with Gasteiger partial charge in [0.15, 0.2) is 0 Å². The first-order chi connectivity index (χ1) is 12.4. The molecule has 0 aromatic heterocycles. The minimum absolute atomic E-state index is 0.112. The largest absolute Gasteiger partial charge is 0.478 e. The van der Waals surface area contributed by atoms with Gasteiger partial charge in [0.2, 0.25) is 5.91 Å². The normalized spacial score (nSPS) is 19.2. The van der Waals surface area contributed by atoms with Crippen LogP contribution in [0.15, 0.2) is 18.2 Å². The number of carboxylic acids is 1. The van der Waals surface area contributed by atoms with E-state index in [1.807, 2.05) is 0 Å². The highest BCUT2D eigenvalue weighted by Gasteiger charge is 2.36. The third-order valence-corrected chi connectivity index (χ3v) is 5.34. The molecule has 1 saturated heterocycles. The number of nitrogens with zero attached hydrogens (tertiary/aromatic N) is 2. The Kier molecular flexibility index (Phi) is 5.12. The van der Waals surface area contributed by atoms with Crippen molar-refractivity contribution in [3.8, 4) is 0 Å². The zero-order valence-electron chi connectivity index (χ0n) is 13.7. The fourth-order valence-corrected chi connectivity index (χ4v) is 3.83. The number of carbonyl (C=O) groups is 3. The Morgan fingerprint density at radius 2 is 1.96 bits per heavy atom. The average molecular weight is 379 g/mol. The minimum atomic E-state index is -1.36. The maximum absolute atomic E-state index is 12.8. The van der Waals surface area contributed by atoms with E-state index in [9.17, 15) is 24.5 Å². The minimum Gasteiger partial charge on any atom is -0.478 e. The summed E-state index contributed by atoms with van der Waals surface area (Å²) in [5.74, 6) is -0.995. The molecule has 1 atom stereocenters. The molecule has 2 amide bonds. The number of non-ortho nitro benzene ring substituents is 1. The summed E-state index contributed by atoms with van der Waals surface area (Å²) in [7, 11) is 0. The van der Waals surface area contributed by atoms with Gasteiger partial charge in [-0.05, 0) is 24.8 Å². The molecule has 1 heterocycles. The average Bonchev–Trinajstić information content (AvgIpc) is 3.32. The van der Waals surface area contributed by atoms with E-state index in [1.165, 1.54) is 16.7 Å². The Morgan fingerprint density at radius 3 is 2.58 bits per heavy atom. The Morgan fingerprint density at radius 1 is 1.27 bits per heavy atom. The topological polar surface area (TPSA) is 130 Å². The second-order valence-electron chi connectivity index (χ2n) is 6.31. The van der Waals surface area contributed by atoms with Crippen molar-refractivity contribution in [2.45, 2.75) is 18.9 Å². The Balaban J connectivity index is 1.81. The van der Waals surface area contributed by atoms with Crippen molar-refractivity contribution in [1.82, 2.24) is 10.2 Å². The van der Waals surface area contributed by atoms with Gasteiger partial charge in [-0.15, -0.1) is 11.8 Å². The highest BCUT2D eigenvalue weighted by molar-refractivity contribution is 7.99. The number of benzene rings is 1. The number of hydrogen-bond acceptors (Lipinski definition) is 6. The fraction of sp³-hybridized carbons (Fsp3) is 0.438. The summed E-state index contributed by atoms with van der Waals surface area (Å²) in [6.45, 7) is 0.585. The molecule has 1 aliphatic heterocycles. The van der Waals surface area contributed by atoms with Gasteiger partial charge in [-0.1, -0.05) is 0 Å². The van der Waals surface area contributed by atoms with Crippen molar-refractivity contribution in [3.63, 3.8) is 0 Å². The van der Waals surface area contributed by atoms with Crippen molar-refractivity contribution in [3.05, 3.63) is 39.4 Å². The Labute approximate surface area is 152 Å². The lowest BCUT2D eigenvalue weighted by Crippen LogP contribution is -2.47. The lowest BCUT2D eigenvalue weighted by molar-refractivity contribution is -0.384. The molecule has 3 rings (SSSR count). The van der Waals surface area contributed by atoms with Gasteiger partial charge in [0.1, 0.15) is 6.04 Å². The molecule has 0 bridgehead atoms. The number of hydrogen-bond donors (Lipinski definition) is 2. The molecule has 2 N–H and O–H groups in total. The standard InChI is InChI=1S/C16H17N3O6S/c20-14(17-6-9-1-2-9)13-7-26-8-18(13)15(21)10-3-11(16(22)23)5-12(4-10)19(24)25/h3-5,9,13H,1-2,6-8H2,(H,17,20)(H,22,23). The molecule has 1 aromatic carbocycles.